The van der Waals surface area contributed by atoms with Gasteiger partial charge in [0.05, 0.1) is 11.4 Å². The minimum atomic E-state index is 0.683. The van der Waals surface area contributed by atoms with E-state index in [2.05, 4.69) is 121 Å². The summed E-state index contributed by atoms with van der Waals surface area (Å²) >= 11 is 1.82. The number of fused-ring (bicyclic) bond motifs is 3. The molecule has 0 amide bonds. The van der Waals surface area contributed by atoms with Gasteiger partial charge in [0, 0.05) is 48.0 Å². The molecular weight excluding hydrogens is 691 g/mol. The molecule has 55 heavy (non-hydrogen) atoms. The zero-order valence-corrected chi connectivity index (χ0v) is 30.6. The molecule has 9 aromatic rings. The standard InChI is InChI=1S/C49H33N5S/c1-5-14-33(15-6-1)42-31-43(51-46(50-42)35-16-7-2-8-17-35)34-26-24-32(25-27-34)39-22-13-23-40-41-30-38(28-29-44(41)55-45(39)40)49-53-47(36-18-9-3-10-19-36)52-48(54-49)37-20-11-4-12-21-37/h1-11,13-20,22-31H,12,21H2. The van der Waals surface area contributed by atoms with Crippen LogP contribution in [0.5, 0.6) is 0 Å². The molecule has 0 atom stereocenters. The van der Waals surface area contributed by atoms with Gasteiger partial charge in [-0.15, -0.1) is 11.3 Å². The third-order valence-electron chi connectivity index (χ3n) is 10.0. The average molecular weight is 724 g/mol. The first kappa shape index (κ1) is 32.7. The fraction of sp³-hybridized carbons (Fsp3) is 0.0408. The fourth-order valence-corrected chi connectivity index (χ4v) is 8.43. The highest BCUT2D eigenvalue weighted by atomic mass is 32.1. The first-order chi connectivity index (χ1) is 27.2. The molecule has 260 valence electrons. The Morgan fingerprint density at radius 2 is 0.982 bits per heavy atom. The highest BCUT2D eigenvalue weighted by Crippen LogP contribution is 2.42. The number of allylic oxidation sites excluding steroid dienone is 4. The van der Waals surface area contributed by atoms with Gasteiger partial charge in [-0.05, 0) is 53.8 Å². The van der Waals surface area contributed by atoms with Gasteiger partial charge >= 0.3 is 0 Å². The van der Waals surface area contributed by atoms with Crippen LogP contribution >= 0.6 is 11.3 Å². The SMILES string of the molecule is C1=CCCC(c2nc(-c3ccccc3)nc(-c3ccc4sc5c(-c6ccc(-c7cc(-c8ccccc8)nc(-c8ccccc8)n7)cc6)cccc5c4c3)n2)=C1. The predicted octanol–water partition coefficient (Wildman–Crippen LogP) is 12.8. The molecule has 0 saturated heterocycles. The first-order valence-corrected chi connectivity index (χ1v) is 19.3. The second-order valence-corrected chi connectivity index (χ2v) is 14.6. The Labute approximate surface area is 323 Å². The molecule has 0 fully saturated rings. The molecule has 10 rings (SSSR count). The van der Waals surface area contributed by atoms with Crippen molar-refractivity contribution in [1.82, 2.24) is 24.9 Å². The smallest absolute Gasteiger partial charge is 0.164 e. The molecule has 0 N–H and O–H groups in total. The third-order valence-corrected chi connectivity index (χ3v) is 11.3. The highest BCUT2D eigenvalue weighted by molar-refractivity contribution is 7.26. The Bertz CT molecular complexity index is 2840. The Morgan fingerprint density at radius 3 is 1.64 bits per heavy atom. The largest absolute Gasteiger partial charge is 0.228 e. The van der Waals surface area contributed by atoms with Gasteiger partial charge in [-0.3, -0.25) is 0 Å². The van der Waals surface area contributed by atoms with Gasteiger partial charge in [-0.1, -0.05) is 152 Å². The van der Waals surface area contributed by atoms with E-state index in [1.54, 1.807) is 0 Å². The summed E-state index contributed by atoms with van der Waals surface area (Å²) in [5.74, 6) is 2.82. The molecule has 0 unspecified atom stereocenters. The van der Waals surface area contributed by atoms with Crippen LogP contribution in [0.4, 0.5) is 0 Å². The van der Waals surface area contributed by atoms with Crippen LogP contribution < -0.4 is 0 Å². The van der Waals surface area contributed by atoms with Crippen LogP contribution in [0.3, 0.4) is 0 Å². The summed E-state index contributed by atoms with van der Waals surface area (Å²) in [6, 6.07) is 54.7. The van der Waals surface area contributed by atoms with Crippen molar-refractivity contribution in [1.29, 1.82) is 0 Å². The molecule has 0 saturated carbocycles. The molecule has 0 bridgehead atoms. The lowest BCUT2D eigenvalue weighted by molar-refractivity contribution is 0.978. The van der Waals surface area contributed by atoms with E-state index < -0.39 is 0 Å². The maximum Gasteiger partial charge on any atom is 0.164 e. The molecule has 1 aliphatic rings. The average Bonchev–Trinajstić information content (AvgIpc) is 3.66. The van der Waals surface area contributed by atoms with E-state index in [0.29, 0.717) is 17.5 Å². The van der Waals surface area contributed by atoms with Gasteiger partial charge in [0.25, 0.3) is 0 Å². The maximum absolute atomic E-state index is 5.04. The van der Waals surface area contributed by atoms with Crippen molar-refractivity contribution in [3.63, 3.8) is 0 Å². The molecule has 3 aromatic heterocycles. The summed E-state index contributed by atoms with van der Waals surface area (Å²) in [4.78, 5) is 25.0. The van der Waals surface area contributed by atoms with E-state index in [4.69, 9.17) is 24.9 Å². The molecule has 6 heteroatoms. The highest BCUT2D eigenvalue weighted by Gasteiger charge is 2.17. The van der Waals surface area contributed by atoms with Crippen molar-refractivity contribution in [2.24, 2.45) is 0 Å². The van der Waals surface area contributed by atoms with Crippen LogP contribution in [0.25, 0.3) is 93.6 Å². The van der Waals surface area contributed by atoms with Gasteiger partial charge in [0.15, 0.2) is 23.3 Å². The quantitative estimate of drug-likeness (QED) is 0.164. The van der Waals surface area contributed by atoms with Gasteiger partial charge in [-0.25, -0.2) is 24.9 Å². The minimum Gasteiger partial charge on any atom is -0.228 e. The number of hydrogen-bond donors (Lipinski definition) is 0. The summed E-state index contributed by atoms with van der Waals surface area (Å²) in [6.07, 6.45) is 8.30. The molecule has 5 nitrogen and oxygen atoms in total. The first-order valence-electron chi connectivity index (χ1n) is 18.5. The van der Waals surface area contributed by atoms with Crippen molar-refractivity contribution in [2.45, 2.75) is 12.8 Å². The van der Waals surface area contributed by atoms with Crippen molar-refractivity contribution >= 4 is 37.1 Å². The molecule has 1 aliphatic carbocycles. The van der Waals surface area contributed by atoms with Crippen molar-refractivity contribution < 1.29 is 0 Å². The van der Waals surface area contributed by atoms with Crippen LogP contribution in [-0.2, 0) is 0 Å². The van der Waals surface area contributed by atoms with Crippen LogP contribution in [0.2, 0.25) is 0 Å². The lowest BCUT2D eigenvalue weighted by Crippen LogP contribution is -2.03. The van der Waals surface area contributed by atoms with Crippen LogP contribution in [0, 0.1) is 0 Å². The number of benzene rings is 6. The summed E-state index contributed by atoms with van der Waals surface area (Å²) in [5.41, 5.74) is 10.3. The van der Waals surface area contributed by atoms with Gasteiger partial charge in [-0.2, -0.15) is 0 Å². The van der Waals surface area contributed by atoms with Gasteiger partial charge < -0.3 is 0 Å². The molecule has 0 spiro atoms. The Kier molecular flexibility index (Phi) is 8.43. The summed E-state index contributed by atoms with van der Waals surface area (Å²) in [7, 11) is 0. The Hall–Kier alpha value is -6.89. The maximum atomic E-state index is 5.04. The van der Waals surface area contributed by atoms with E-state index in [1.807, 2.05) is 65.9 Å². The molecule has 0 radical (unpaired) electrons. The lowest BCUT2D eigenvalue weighted by atomic mass is 9.99. The van der Waals surface area contributed by atoms with Crippen LogP contribution in [0.1, 0.15) is 18.7 Å². The number of aromatic nitrogens is 5. The van der Waals surface area contributed by atoms with Crippen molar-refractivity contribution in [3.8, 4) is 67.8 Å². The minimum absolute atomic E-state index is 0.683. The zero-order chi connectivity index (χ0) is 36.6. The fourth-order valence-electron chi connectivity index (χ4n) is 7.21. The van der Waals surface area contributed by atoms with E-state index >= 15 is 0 Å². The zero-order valence-electron chi connectivity index (χ0n) is 29.8. The summed E-state index contributed by atoms with van der Waals surface area (Å²) in [5, 5.41) is 2.42. The number of hydrogen-bond acceptors (Lipinski definition) is 6. The van der Waals surface area contributed by atoms with Crippen molar-refractivity contribution in [3.05, 3.63) is 182 Å². The summed E-state index contributed by atoms with van der Waals surface area (Å²) in [6.45, 7) is 0. The van der Waals surface area contributed by atoms with E-state index in [9.17, 15) is 0 Å². The lowest BCUT2D eigenvalue weighted by Gasteiger charge is -2.11. The van der Waals surface area contributed by atoms with Gasteiger partial charge in [0.2, 0.25) is 0 Å². The Balaban J connectivity index is 1.03. The number of nitrogens with zero attached hydrogens (tertiary/aromatic N) is 5. The van der Waals surface area contributed by atoms with Crippen molar-refractivity contribution in [2.75, 3.05) is 0 Å². The monoisotopic (exact) mass is 723 g/mol. The normalized spacial score (nSPS) is 12.6. The van der Waals surface area contributed by atoms with Crippen LogP contribution in [0.15, 0.2) is 176 Å². The van der Waals surface area contributed by atoms with E-state index in [1.165, 1.54) is 25.7 Å². The predicted molar refractivity (Wildman–Crippen MR) is 227 cm³/mol. The van der Waals surface area contributed by atoms with Crippen LogP contribution in [-0.4, -0.2) is 24.9 Å². The molecule has 0 aliphatic heterocycles. The molecule has 6 aromatic carbocycles. The number of thiophene rings is 1. The number of rotatable bonds is 7. The second-order valence-electron chi connectivity index (χ2n) is 13.6. The second kappa shape index (κ2) is 14.2. The summed E-state index contributed by atoms with van der Waals surface area (Å²) < 4.78 is 2.48. The topological polar surface area (TPSA) is 64.5 Å². The Morgan fingerprint density at radius 1 is 0.418 bits per heavy atom. The van der Waals surface area contributed by atoms with E-state index in [0.717, 1.165) is 69.0 Å². The molecule has 3 heterocycles. The molecular formula is C49H33N5S. The van der Waals surface area contributed by atoms with Gasteiger partial charge in [0.1, 0.15) is 0 Å². The van der Waals surface area contributed by atoms with E-state index in [-0.39, 0.29) is 0 Å². The third kappa shape index (κ3) is 6.43.